The lowest BCUT2D eigenvalue weighted by Gasteiger charge is -2.17. The Morgan fingerprint density at radius 3 is 2.76 bits per heavy atom. The predicted molar refractivity (Wildman–Crippen MR) is 83.4 cm³/mol. The number of hydrogen-bond acceptors (Lipinski definition) is 4. The van der Waals surface area contributed by atoms with Crippen LogP contribution in [0.25, 0.3) is 10.9 Å². The average Bonchev–Trinajstić information content (AvgIpc) is 2.56. The predicted octanol–water partition coefficient (Wildman–Crippen LogP) is 2.95. The van der Waals surface area contributed by atoms with E-state index in [1.165, 1.54) is 0 Å². The lowest BCUT2D eigenvalue weighted by Crippen LogP contribution is -2.19. The molecule has 2 heterocycles. The molecule has 3 rings (SSSR count). The van der Waals surface area contributed by atoms with Gasteiger partial charge >= 0.3 is 0 Å². The maximum absolute atomic E-state index is 5.24. The van der Waals surface area contributed by atoms with Gasteiger partial charge in [0.05, 0.1) is 30.6 Å². The van der Waals surface area contributed by atoms with E-state index in [1.54, 1.807) is 13.3 Å². The van der Waals surface area contributed by atoms with E-state index in [0.717, 1.165) is 27.9 Å². The van der Waals surface area contributed by atoms with Crippen molar-refractivity contribution in [3.8, 4) is 5.75 Å². The van der Waals surface area contributed by atoms with Gasteiger partial charge in [0.25, 0.3) is 0 Å². The highest BCUT2D eigenvalue weighted by atomic mass is 16.5. The third-order valence-electron chi connectivity index (χ3n) is 3.51. The van der Waals surface area contributed by atoms with Gasteiger partial charge in [0.15, 0.2) is 0 Å². The van der Waals surface area contributed by atoms with Crippen molar-refractivity contribution in [2.45, 2.75) is 6.04 Å². The molecule has 0 spiro atoms. The van der Waals surface area contributed by atoms with Crippen LogP contribution in [0.1, 0.15) is 17.3 Å². The molecule has 4 heteroatoms. The third-order valence-corrected chi connectivity index (χ3v) is 3.51. The molecule has 1 atom stereocenters. The molecule has 0 radical (unpaired) electrons. The number of rotatable bonds is 4. The molecule has 0 saturated heterocycles. The maximum Gasteiger partial charge on any atom is 0.137 e. The Labute approximate surface area is 123 Å². The van der Waals surface area contributed by atoms with Crippen molar-refractivity contribution < 1.29 is 4.74 Å². The topological polar surface area (TPSA) is 47.0 Å². The van der Waals surface area contributed by atoms with E-state index in [0.29, 0.717) is 0 Å². The van der Waals surface area contributed by atoms with Crippen LogP contribution >= 0.6 is 0 Å². The highest BCUT2D eigenvalue weighted by Crippen LogP contribution is 2.24. The van der Waals surface area contributed by atoms with E-state index in [9.17, 15) is 0 Å². The maximum atomic E-state index is 5.24. The molecule has 0 aliphatic carbocycles. The van der Waals surface area contributed by atoms with Crippen molar-refractivity contribution in [2.75, 3.05) is 14.2 Å². The van der Waals surface area contributed by atoms with Gasteiger partial charge in [-0.25, -0.2) is 0 Å². The molecular formula is C17H17N3O. The van der Waals surface area contributed by atoms with Crippen molar-refractivity contribution in [1.29, 1.82) is 0 Å². The van der Waals surface area contributed by atoms with E-state index in [4.69, 9.17) is 9.72 Å². The van der Waals surface area contributed by atoms with Gasteiger partial charge in [-0.3, -0.25) is 9.97 Å². The number of ether oxygens (including phenoxy) is 1. The summed E-state index contributed by atoms with van der Waals surface area (Å²) in [6, 6.07) is 14.2. The highest BCUT2D eigenvalue weighted by Gasteiger charge is 2.15. The van der Waals surface area contributed by atoms with Gasteiger partial charge < -0.3 is 10.1 Å². The minimum atomic E-state index is -0.0165. The molecule has 106 valence electrons. The minimum Gasteiger partial charge on any atom is -0.495 e. The molecule has 21 heavy (non-hydrogen) atoms. The molecule has 1 aromatic carbocycles. The highest BCUT2D eigenvalue weighted by molar-refractivity contribution is 5.78. The van der Waals surface area contributed by atoms with Gasteiger partial charge in [-0.2, -0.15) is 0 Å². The summed E-state index contributed by atoms with van der Waals surface area (Å²) in [7, 11) is 3.56. The van der Waals surface area contributed by atoms with Crippen LogP contribution in [0.15, 0.2) is 54.9 Å². The number of pyridine rings is 2. The summed E-state index contributed by atoms with van der Waals surface area (Å²) >= 11 is 0. The number of hydrogen-bond donors (Lipinski definition) is 1. The first kappa shape index (κ1) is 13.5. The Balaban J connectivity index is 2.04. The van der Waals surface area contributed by atoms with E-state index < -0.39 is 0 Å². The van der Waals surface area contributed by atoms with Crippen molar-refractivity contribution in [1.82, 2.24) is 15.3 Å². The Kier molecular flexibility index (Phi) is 3.79. The van der Waals surface area contributed by atoms with Crippen molar-refractivity contribution >= 4 is 10.9 Å². The largest absolute Gasteiger partial charge is 0.495 e. The van der Waals surface area contributed by atoms with Crippen LogP contribution in [-0.2, 0) is 0 Å². The standard InChI is InChI=1S/C17H17N3O/c1-18-17(13-9-14(21-2)11-19-10-13)16-8-7-12-5-3-4-6-15(12)20-16/h3-11,17-18H,1-2H3. The van der Waals surface area contributed by atoms with E-state index in [-0.39, 0.29) is 6.04 Å². The number of para-hydroxylation sites is 1. The molecule has 0 amide bonds. The molecule has 0 aliphatic heterocycles. The zero-order valence-electron chi connectivity index (χ0n) is 12.1. The summed E-state index contributed by atoms with van der Waals surface area (Å²) in [4.78, 5) is 8.97. The molecule has 4 nitrogen and oxygen atoms in total. The fourth-order valence-corrected chi connectivity index (χ4v) is 2.43. The van der Waals surface area contributed by atoms with Crippen molar-refractivity contribution in [2.24, 2.45) is 0 Å². The normalized spacial score (nSPS) is 12.3. The second kappa shape index (κ2) is 5.89. The van der Waals surface area contributed by atoms with Gasteiger partial charge in [-0.15, -0.1) is 0 Å². The molecule has 0 bridgehead atoms. The first-order chi connectivity index (χ1) is 10.3. The molecule has 2 aromatic heterocycles. The molecule has 0 saturated carbocycles. The average molecular weight is 279 g/mol. The quantitative estimate of drug-likeness (QED) is 0.797. The molecule has 1 unspecified atom stereocenters. The number of aromatic nitrogens is 2. The summed E-state index contributed by atoms with van der Waals surface area (Å²) in [5.41, 5.74) is 2.98. The summed E-state index contributed by atoms with van der Waals surface area (Å²) in [5.74, 6) is 0.744. The van der Waals surface area contributed by atoms with Crippen LogP contribution in [0.5, 0.6) is 5.75 Å². The lowest BCUT2D eigenvalue weighted by atomic mass is 10.0. The Morgan fingerprint density at radius 2 is 1.95 bits per heavy atom. The van der Waals surface area contributed by atoms with Crippen LogP contribution in [-0.4, -0.2) is 24.1 Å². The Hall–Kier alpha value is -2.46. The molecule has 3 aromatic rings. The first-order valence-electron chi connectivity index (χ1n) is 6.83. The Bertz CT molecular complexity index is 758. The van der Waals surface area contributed by atoms with Crippen LogP contribution in [0, 0.1) is 0 Å². The summed E-state index contributed by atoms with van der Waals surface area (Å²) in [5, 5.41) is 4.43. The molecule has 1 N–H and O–H groups in total. The van der Waals surface area contributed by atoms with Gasteiger partial charge in [0.2, 0.25) is 0 Å². The fourth-order valence-electron chi connectivity index (χ4n) is 2.43. The van der Waals surface area contributed by atoms with Crippen LogP contribution in [0.2, 0.25) is 0 Å². The zero-order valence-corrected chi connectivity index (χ0v) is 12.1. The smallest absolute Gasteiger partial charge is 0.137 e. The SMILES string of the molecule is CNC(c1cncc(OC)c1)c1ccc2ccccc2n1. The number of methoxy groups -OCH3 is 1. The molecule has 0 aliphatic rings. The second-order valence-corrected chi connectivity index (χ2v) is 4.81. The Morgan fingerprint density at radius 1 is 1.10 bits per heavy atom. The van der Waals surface area contributed by atoms with E-state index in [1.807, 2.05) is 43.6 Å². The number of fused-ring (bicyclic) bond motifs is 1. The monoisotopic (exact) mass is 279 g/mol. The van der Waals surface area contributed by atoms with E-state index in [2.05, 4.69) is 22.4 Å². The van der Waals surface area contributed by atoms with Crippen LogP contribution < -0.4 is 10.1 Å². The first-order valence-corrected chi connectivity index (χ1v) is 6.83. The van der Waals surface area contributed by atoms with Crippen LogP contribution in [0.4, 0.5) is 0 Å². The van der Waals surface area contributed by atoms with Gasteiger partial charge in [0.1, 0.15) is 5.75 Å². The van der Waals surface area contributed by atoms with Gasteiger partial charge in [-0.1, -0.05) is 24.3 Å². The zero-order chi connectivity index (χ0) is 14.7. The van der Waals surface area contributed by atoms with Gasteiger partial charge in [0, 0.05) is 11.6 Å². The minimum absolute atomic E-state index is 0.0165. The molecular weight excluding hydrogens is 262 g/mol. The lowest BCUT2D eigenvalue weighted by molar-refractivity contribution is 0.411. The molecule has 0 fully saturated rings. The number of nitrogens with zero attached hydrogens (tertiary/aromatic N) is 2. The van der Waals surface area contributed by atoms with Gasteiger partial charge in [-0.05, 0) is 30.8 Å². The third kappa shape index (κ3) is 2.71. The summed E-state index contributed by atoms with van der Waals surface area (Å²) < 4.78 is 5.24. The second-order valence-electron chi connectivity index (χ2n) is 4.81. The van der Waals surface area contributed by atoms with Crippen LogP contribution in [0.3, 0.4) is 0 Å². The van der Waals surface area contributed by atoms with Crippen molar-refractivity contribution in [3.63, 3.8) is 0 Å². The van der Waals surface area contributed by atoms with Crippen molar-refractivity contribution in [3.05, 3.63) is 66.1 Å². The van der Waals surface area contributed by atoms with E-state index >= 15 is 0 Å². The summed E-state index contributed by atoms with van der Waals surface area (Å²) in [6.07, 6.45) is 3.53. The number of benzene rings is 1. The summed E-state index contributed by atoms with van der Waals surface area (Å²) in [6.45, 7) is 0. The fraction of sp³-hybridized carbons (Fsp3) is 0.176. The number of nitrogens with one attached hydrogen (secondary N) is 1.